The Balaban J connectivity index is 1.93. The van der Waals surface area contributed by atoms with Gasteiger partial charge in [-0.3, -0.25) is 4.79 Å². The van der Waals surface area contributed by atoms with Gasteiger partial charge in [-0.25, -0.2) is 4.98 Å². The quantitative estimate of drug-likeness (QED) is 0.710. The zero-order valence-corrected chi connectivity index (χ0v) is 10.2. The summed E-state index contributed by atoms with van der Waals surface area (Å²) in [5, 5.41) is 3.13. The number of primary amides is 1. The van der Waals surface area contributed by atoms with Gasteiger partial charge in [0.15, 0.2) is 0 Å². The molecule has 1 saturated heterocycles. The van der Waals surface area contributed by atoms with Gasteiger partial charge in [0.1, 0.15) is 5.82 Å². The molecule has 2 rings (SSSR count). The summed E-state index contributed by atoms with van der Waals surface area (Å²) in [6, 6.07) is 1.54. The summed E-state index contributed by atoms with van der Waals surface area (Å²) in [5.41, 5.74) is 11.6. The number of hydrogen-bond acceptors (Lipinski definition) is 5. The summed E-state index contributed by atoms with van der Waals surface area (Å²) in [5.74, 6) is 0.556. The topological polar surface area (TPSA) is 103 Å². The first-order chi connectivity index (χ1) is 8.66. The summed E-state index contributed by atoms with van der Waals surface area (Å²) < 4.78 is 5.30. The Morgan fingerprint density at radius 1 is 1.61 bits per heavy atom. The van der Waals surface area contributed by atoms with Crippen LogP contribution in [0.1, 0.15) is 23.2 Å². The Kier molecular flexibility index (Phi) is 3.99. The van der Waals surface area contributed by atoms with Crippen LogP contribution >= 0.6 is 0 Å². The third-order valence-electron chi connectivity index (χ3n) is 3.04. The standard InChI is InChI=1S/C12H18N4O2/c13-9-5-10(11(14)17)12(16-6-9)15-3-1-8-2-4-18-7-8/h5-6,8H,1-4,7,13H2,(H2,14,17)(H,15,16). The number of pyridine rings is 1. The molecule has 0 spiro atoms. The molecule has 1 aromatic rings. The second kappa shape index (κ2) is 5.68. The fraction of sp³-hybridized carbons (Fsp3) is 0.500. The number of anilines is 2. The molecule has 0 saturated carbocycles. The fourth-order valence-electron chi connectivity index (χ4n) is 2.02. The zero-order valence-electron chi connectivity index (χ0n) is 10.2. The van der Waals surface area contributed by atoms with E-state index >= 15 is 0 Å². The molecule has 18 heavy (non-hydrogen) atoms. The highest BCUT2D eigenvalue weighted by molar-refractivity contribution is 5.98. The maximum atomic E-state index is 11.3. The molecular weight excluding hydrogens is 232 g/mol. The van der Waals surface area contributed by atoms with Gasteiger partial charge in [0.05, 0.1) is 17.4 Å². The van der Waals surface area contributed by atoms with Crippen LogP contribution in [0.5, 0.6) is 0 Å². The van der Waals surface area contributed by atoms with E-state index in [4.69, 9.17) is 16.2 Å². The molecule has 6 nitrogen and oxygen atoms in total. The monoisotopic (exact) mass is 250 g/mol. The highest BCUT2D eigenvalue weighted by Gasteiger charge is 2.16. The Bertz CT molecular complexity index is 430. The van der Waals surface area contributed by atoms with Crippen LogP contribution in [0.3, 0.4) is 0 Å². The Morgan fingerprint density at radius 3 is 3.11 bits per heavy atom. The number of ether oxygens (including phenoxy) is 1. The third-order valence-corrected chi connectivity index (χ3v) is 3.04. The van der Waals surface area contributed by atoms with Crippen LogP contribution in [0.15, 0.2) is 12.3 Å². The lowest BCUT2D eigenvalue weighted by atomic mass is 10.1. The van der Waals surface area contributed by atoms with Crippen molar-refractivity contribution in [3.63, 3.8) is 0 Å². The van der Waals surface area contributed by atoms with Crippen LogP contribution in [0, 0.1) is 5.92 Å². The minimum Gasteiger partial charge on any atom is -0.397 e. The molecule has 6 heteroatoms. The number of carbonyl (C=O) groups is 1. The van der Waals surface area contributed by atoms with E-state index in [0.717, 1.165) is 32.6 Å². The summed E-state index contributed by atoms with van der Waals surface area (Å²) in [6.07, 6.45) is 3.59. The summed E-state index contributed by atoms with van der Waals surface area (Å²) >= 11 is 0. The molecule has 1 atom stereocenters. The van der Waals surface area contributed by atoms with Gasteiger partial charge in [0.25, 0.3) is 5.91 Å². The number of hydrogen-bond donors (Lipinski definition) is 3. The van der Waals surface area contributed by atoms with Crippen molar-refractivity contribution in [1.82, 2.24) is 4.98 Å². The van der Waals surface area contributed by atoms with E-state index in [2.05, 4.69) is 10.3 Å². The first-order valence-corrected chi connectivity index (χ1v) is 6.03. The highest BCUT2D eigenvalue weighted by Crippen LogP contribution is 2.18. The van der Waals surface area contributed by atoms with Crippen LogP contribution in [-0.4, -0.2) is 30.6 Å². The Hall–Kier alpha value is -1.82. The molecule has 1 unspecified atom stereocenters. The summed E-state index contributed by atoms with van der Waals surface area (Å²) in [7, 11) is 0. The van der Waals surface area contributed by atoms with Crippen LogP contribution < -0.4 is 16.8 Å². The second-order valence-corrected chi connectivity index (χ2v) is 4.47. The van der Waals surface area contributed by atoms with Crippen molar-refractivity contribution in [1.29, 1.82) is 0 Å². The predicted molar refractivity (Wildman–Crippen MR) is 69.2 cm³/mol. The number of amides is 1. The molecule has 0 bridgehead atoms. The first kappa shape index (κ1) is 12.6. The molecule has 0 aromatic carbocycles. The van der Waals surface area contributed by atoms with Gasteiger partial charge in [0, 0.05) is 19.8 Å². The van der Waals surface area contributed by atoms with Gasteiger partial charge in [-0.2, -0.15) is 0 Å². The van der Waals surface area contributed by atoms with E-state index in [-0.39, 0.29) is 0 Å². The number of nitrogens with one attached hydrogen (secondary N) is 1. The van der Waals surface area contributed by atoms with Crippen molar-refractivity contribution in [2.45, 2.75) is 12.8 Å². The van der Waals surface area contributed by atoms with Gasteiger partial charge in [0.2, 0.25) is 0 Å². The van der Waals surface area contributed by atoms with Crippen molar-refractivity contribution in [2.75, 3.05) is 30.8 Å². The molecule has 0 aliphatic carbocycles. The second-order valence-electron chi connectivity index (χ2n) is 4.47. The highest BCUT2D eigenvalue weighted by atomic mass is 16.5. The van der Waals surface area contributed by atoms with E-state index in [9.17, 15) is 4.79 Å². The lowest BCUT2D eigenvalue weighted by molar-refractivity contribution is 0.100. The minimum absolute atomic E-state index is 0.331. The van der Waals surface area contributed by atoms with Crippen molar-refractivity contribution >= 4 is 17.4 Å². The SMILES string of the molecule is NC(=O)c1cc(N)cnc1NCCC1CCOC1. The third kappa shape index (κ3) is 3.10. The van der Waals surface area contributed by atoms with Gasteiger partial charge in [-0.15, -0.1) is 0 Å². The average molecular weight is 250 g/mol. The zero-order chi connectivity index (χ0) is 13.0. The number of nitrogens with two attached hydrogens (primary N) is 2. The van der Waals surface area contributed by atoms with Gasteiger partial charge in [-0.1, -0.05) is 0 Å². The smallest absolute Gasteiger partial charge is 0.252 e. The van der Waals surface area contributed by atoms with Gasteiger partial charge < -0.3 is 21.5 Å². The van der Waals surface area contributed by atoms with Gasteiger partial charge >= 0.3 is 0 Å². The van der Waals surface area contributed by atoms with Crippen molar-refractivity contribution in [3.8, 4) is 0 Å². The Morgan fingerprint density at radius 2 is 2.44 bits per heavy atom. The number of rotatable bonds is 5. The molecule has 2 heterocycles. The maximum absolute atomic E-state index is 11.3. The van der Waals surface area contributed by atoms with Crippen molar-refractivity contribution in [3.05, 3.63) is 17.8 Å². The van der Waals surface area contributed by atoms with Crippen LogP contribution in [0.2, 0.25) is 0 Å². The normalized spacial score (nSPS) is 18.8. The van der Waals surface area contributed by atoms with Crippen LogP contribution in [0.4, 0.5) is 11.5 Å². The molecule has 1 amide bonds. The van der Waals surface area contributed by atoms with E-state index in [1.54, 1.807) is 0 Å². The van der Waals surface area contributed by atoms with E-state index < -0.39 is 5.91 Å². The molecule has 1 aliphatic rings. The number of aromatic nitrogens is 1. The molecule has 98 valence electrons. The fourth-order valence-corrected chi connectivity index (χ4v) is 2.02. The van der Waals surface area contributed by atoms with E-state index in [0.29, 0.717) is 23.0 Å². The molecule has 0 radical (unpaired) electrons. The molecule has 1 aromatic heterocycles. The summed E-state index contributed by atoms with van der Waals surface area (Å²) in [4.78, 5) is 15.4. The maximum Gasteiger partial charge on any atom is 0.252 e. The lowest BCUT2D eigenvalue weighted by Gasteiger charge is -2.11. The molecule has 5 N–H and O–H groups in total. The largest absolute Gasteiger partial charge is 0.397 e. The van der Waals surface area contributed by atoms with Crippen LogP contribution in [0.25, 0.3) is 0 Å². The van der Waals surface area contributed by atoms with E-state index in [1.807, 2.05) is 0 Å². The van der Waals surface area contributed by atoms with Gasteiger partial charge in [-0.05, 0) is 24.8 Å². The average Bonchev–Trinajstić information content (AvgIpc) is 2.84. The number of nitrogens with zero attached hydrogens (tertiary/aromatic N) is 1. The summed E-state index contributed by atoms with van der Waals surface area (Å²) in [6.45, 7) is 2.40. The first-order valence-electron chi connectivity index (χ1n) is 6.03. The Labute approximate surface area is 106 Å². The molecular formula is C12H18N4O2. The number of nitrogen functional groups attached to an aromatic ring is 1. The van der Waals surface area contributed by atoms with Crippen LogP contribution in [-0.2, 0) is 4.74 Å². The van der Waals surface area contributed by atoms with Crippen molar-refractivity contribution < 1.29 is 9.53 Å². The predicted octanol–water partition coefficient (Wildman–Crippen LogP) is 0.601. The number of carbonyl (C=O) groups excluding carboxylic acids is 1. The van der Waals surface area contributed by atoms with Crippen molar-refractivity contribution in [2.24, 2.45) is 11.7 Å². The molecule has 1 aliphatic heterocycles. The lowest BCUT2D eigenvalue weighted by Crippen LogP contribution is -2.17. The van der Waals surface area contributed by atoms with E-state index in [1.165, 1.54) is 12.3 Å². The minimum atomic E-state index is -0.526. The molecule has 1 fully saturated rings.